The van der Waals surface area contributed by atoms with E-state index in [0.717, 1.165) is 25.0 Å². The van der Waals surface area contributed by atoms with Crippen LogP contribution in [0.15, 0.2) is 97.1 Å². The minimum atomic E-state index is -4.46. The number of unbranched alkanes of at least 4 members (excludes halogenated alkanes) is 1. The lowest BCUT2D eigenvalue weighted by Crippen LogP contribution is -2.41. The van der Waals surface area contributed by atoms with Crippen LogP contribution in [0.1, 0.15) is 63.2 Å². The Labute approximate surface area is 254 Å². The second-order valence-corrected chi connectivity index (χ2v) is 10.5. The molecule has 44 heavy (non-hydrogen) atoms. The van der Waals surface area contributed by atoms with Crippen LogP contribution in [0.5, 0.6) is 0 Å². The van der Waals surface area contributed by atoms with Gasteiger partial charge in [-0.2, -0.15) is 13.2 Å². The van der Waals surface area contributed by atoms with Crippen LogP contribution in [0.2, 0.25) is 0 Å². The third kappa shape index (κ3) is 7.72. The molecule has 4 rings (SSSR count). The van der Waals surface area contributed by atoms with Crippen LogP contribution in [0, 0.1) is 6.92 Å². The SMILES string of the molecule is CCCCN(C)C(=O)[C@@H](NC(=O)c1ccc(NC(=O)c2ccccc2-c2ccc(C(F)(F)F)cc2)c(C)c1)c1ccccc1. The molecule has 0 fully saturated rings. The molecule has 0 aliphatic carbocycles. The summed E-state index contributed by atoms with van der Waals surface area (Å²) < 4.78 is 39.1. The van der Waals surface area contributed by atoms with Gasteiger partial charge in [-0.3, -0.25) is 14.4 Å². The van der Waals surface area contributed by atoms with Crippen molar-refractivity contribution in [3.8, 4) is 11.1 Å². The summed E-state index contributed by atoms with van der Waals surface area (Å²) >= 11 is 0. The van der Waals surface area contributed by atoms with Crippen LogP contribution in [0.4, 0.5) is 18.9 Å². The average Bonchev–Trinajstić information content (AvgIpc) is 3.03. The lowest BCUT2D eigenvalue weighted by molar-refractivity contribution is -0.137. The third-order valence-corrected chi connectivity index (χ3v) is 7.31. The standard InChI is InChI=1S/C35H34F3N3O3/c1-4-5-21-41(3)34(44)31(25-11-7-6-8-12-25)40-32(42)26-17-20-30(23(2)22-26)39-33(43)29-14-10-9-13-28(29)24-15-18-27(19-16-24)35(36,37)38/h6-20,22,31H,4-5,21H2,1-3H3,(H,39,43)(H,40,42)/t31-/m0/s1. The average molecular weight is 602 g/mol. The van der Waals surface area contributed by atoms with E-state index in [0.29, 0.717) is 40.0 Å². The quantitative estimate of drug-likeness (QED) is 0.196. The van der Waals surface area contributed by atoms with E-state index in [1.807, 2.05) is 25.1 Å². The van der Waals surface area contributed by atoms with Gasteiger partial charge in [0.15, 0.2) is 0 Å². The number of alkyl halides is 3. The lowest BCUT2D eigenvalue weighted by Gasteiger charge is -2.25. The van der Waals surface area contributed by atoms with Crippen LogP contribution in [-0.2, 0) is 11.0 Å². The Balaban J connectivity index is 1.52. The second kappa shape index (κ2) is 14.0. The summed E-state index contributed by atoms with van der Waals surface area (Å²) in [7, 11) is 1.72. The number of likely N-dealkylation sites (N-methyl/N-ethyl adjacent to an activating group) is 1. The maximum absolute atomic E-state index is 13.3. The van der Waals surface area contributed by atoms with E-state index < -0.39 is 29.6 Å². The Morgan fingerprint density at radius 1 is 0.841 bits per heavy atom. The van der Waals surface area contributed by atoms with E-state index in [9.17, 15) is 27.6 Å². The molecule has 6 nitrogen and oxygen atoms in total. The number of halogens is 3. The molecule has 0 saturated carbocycles. The van der Waals surface area contributed by atoms with Gasteiger partial charge in [-0.25, -0.2) is 0 Å². The number of nitrogens with zero attached hydrogens (tertiary/aromatic N) is 1. The highest BCUT2D eigenvalue weighted by Crippen LogP contribution is 2.32. The first-order valence-electron chi connectivity index (χ1n) is 14.3. The minimum absolute atomic E-state index is 0.217. The fourth-order valence-electron chi connectivity index (χ4n) is 4.78. The molecule has 228 valence electrons. The van der Waals surface area contributed by atoms with Crippen LogP contribution in [0.3, 0.4) is 0 Å². The van der Waals surface area contributed by atoms with Gasteiger partial charge < -0.3 is 15.5 Å². The predicted octanol–water partition coefficient (Wildman–Crippen LogP) is 7.66. The zero-order valence-corrected chi connectivity index (χ0v) is 24.7. The maximum Gasteiger partial charge on any atom is 0.416 e. The van der Waals surface area contributed by atoms with Gasteiger partial charge in [0, 0.05) is 30.4 Å². The third-order valence-electron chi connectivity index (χ3n) is 7.31. The Kier molecular flexibility index (Phi) is 10.2. The molecule has 0 saturated heterocycles. The Morgan fingerprint density at radius 2 is 1.50 bits per heavy atom. The van der Waals surface area contributed by atoms with Crippen molar-refractivity contribution in [2.45, 2.75) is 38.9 Å². The van der Waals surface area contributed by atoms with Crippen LogP contribution < -0.4 is 10.6 Å². The molecule has 3 amide bonds. The van der Waals surface area contributed by atoms with Crippen LogP contribution >= 0.6 is 0 Å². The molecule has 0 unspecified atom stereocenters. The van der Waals surface area contributed by atoms with Crippen molar-refractivity contribution in [2.75, 3.05) is 18.9 Å². The van der Waals surface area contributed by atoms with Gasteiger partial charge in [-0.15, -0.1) is 0 Å². The van der Waals surface area contributed by atoms with Crippen molar-refractivity contribution in [2.24, 2.45) is 0 Å². The number of hydrogen-bond acceptors (Lipinski definition) is 3. The van der Waals surface area contributed by atoms with Crippen LogP contribution in [0.25, 0.3) is 11.1 Å². The van der Waals surface area contributed by atoms with Gasteiger partial charge in [0.05, 0.1) is 5.56 Å². The summed E-state index contributed by atoms with van der Waals surface area (Å²) in [6.07, 6.45) is -2.68. The van der Waals surface area contributed by atoms with Gasteiger partial charge in [-0.05, 0) is 72.0 Å². The molecule has 4 aromatic carbocycles. The monoisotopic (exact) mass is 601 g/mol. The number of carbonyl (C=O) groups is 3. The Hall–Kier alpha value is -4.92. The first kappa shape index (κ1) is 32.0. The molecule has 9 heteroatoms. The molecule has 4 aromatic rings. The van der Waals surface area contributed by atoms with Crippen molar-refractivity contribution < 1.29 is 27.6 Å². The van der Waals surface area contributed by atoms with Crippen LogP contribution in [-0.4, -0.2) is 36.2 Å². The molecule has 0 radical (unpaired) electrons. The predicted molar refractivity (Wildman–Crippen MR) is 165 cm³/mol. The number of carbonyl (C=O) groups excluding carboxylic acids is 3. The fourth-order valence-corrected chi connectivity index (χ4v) is 4.78. The topological polar surface area (TPSA) is 78.5 Å². The normalized spacial score (nSPS) is 11.9. The van der Waals surface area contributed by atoms with E-state index in [-0.39, 0.29) is 11.5 Å². The Morgan fingerprint density at radius 3 is 2.14 bits per heavy atom. The van der Waals surface area contributed by atoms with Gasteiger partial charge in [0.25, 0.3) is 11.8 Å². The van der Waals surface area contributed by atoms with E-state index >= 15 is 0 Å². The van der Waals surface area contributed by atoms with E-state index in [4.69, 9.17) is 0 Å². The fraction of sp³-hybridized carbons (Fsp3) is 0.229. The van der Waals surface area contributed by atoms with Crippen molar-refractivity contribution in [3.63, 3.8) is 0 Å². The van der Waals surface area contributed by atoms with Gasteiger partial charge >= 0.3 is 6.18 Å². The summed E-state index contributed by atoms with van der Waals surface area (Å²) in [6.45, 7) is 4.36. The molecule has 1 atom stereocenters. The number of rotatable bonds is 10. The molecular weight excluding hydrogens is 567 g/mol. The van der Waals surface area contributed by atoms with Crippen molar-refractivity contribution in [3.05, 3.63) is 125 Å². The largest absolute Gasteiger partial charge is 0.416 e. The molecule has 0 aliphatic heterocycles. The summed E-state index contributed by atoms with van der Waals surface area (Å²) in [6, 6.07) is 24.3. The molecule has 0 aromatic heterocycles. The highest BCUT2D eigenvalue weighted by molar-refractivity contribution is 6.09. The number of hydrogen-bond donors (Lipinski definition) is 2. The first-order valence-corrected chi connectivity index (χ1v) is 14.3. The van der Waals surface area contributed by atoms with Gasteiger partial charge in [-0.1, -0.05) is 74.0 Å². The summed E-state index contributed by atoms with van der Waals surface area (Å²) in [5.74, 6) is -1.11. The second-order valence-electron chi connectivity index (χ2n) is 10.5. The summed E-state index contributed by atoms with van der Waals surface area (Å²) in [5, 5.41) is 5.72. The Bertz CT molecular complexity index is 1620. The molecule has 0 spiro atoms. The highest BCUT2D eigenvalue weighted by atomic mass is 19.4. The minimum Gasteiger partial charge on any atom is -0.344 e. The molecule has 0 heterocycles. The van der Waals surface area contributed by atoms with E-state index in [1.54, 1.807) is 73.5 Å². The van der Waals surface area contributed by atoms with Crippen molar-refractivity contribution in [1.82, 2.24) is 10.2 Å². The van der Waals surface area contributed by atoms with E-state index in [1.165, 1.54) is 12.1 Å². The lowest BCUT2D eigenvalue weighted by atomic mass is 9.98. The van der Waals surface area contributed by atoms with Gasteiger partial charge in [0.2, 0.25) is 5.91 Å². The number of aryl methyl sites for hydroxylation is 1. The smallest absolute Gasteiger partial charge is 0.344 e. The molecular formula is C35H34F3N3O3. The molecule has 0 aliphatic rings. The maximum atomic E-state index is 13.3. The number of benzene rings is 4. The zero-order chi connectivity index (χ0) is 31.9. The van der Waals surface area contributed by atoms with Crippen molar-refractivity contribution >= 4 is 23.4 Å². The first-order chi connectivity index (χ1) is 21.0. The number of nitrogens with one attached hydrogen (secondary N) is 2. The number of amides is 3. The van der Waals surface area contributed by atoms with Crippen molar-refractivity contribution in [1.29, 1.82) is 0 Å². The summed E-state index contributed by atoms with van der Waals surface area (Å²) in [4.78, 5) is 41.6. The molecule has 2 N–H and O–H groups in total. The van der Waals surface area contributed by atoms with Gasteiger partial charge in [0.1, 0.15) is 6.04 Å². The molecule has 0 bridgehead atoms. The number of anilines is 1. The summed E-state index contributed by atoms with van der Waals surface area (Å²) in [5.41, 5.74) is 2.51. The zero-order valence-electron chi connectivity index (χ0n) is 24.7. The highest BCUT2D eigenvalue weighted by Gasteiger charge is 2.30. The van der Waals surface area contributed by atoms with E-state index in [2.05, 4.69) is 10.6 Å².